The monoisotopic (exact) mass is 614 g/mol. The van der Waals surface area contributed by atoms with E-state index < -0.39 is 41.4 Å². The van der Waals surface area contributed by atoms with Gasteiger partial charge < -0.3 is 36.8 Å². The maximum atomic E-state index is 13.4. The number of carbonyl (C=O) groups excluding carboxylic acids is 6. The second kappa shape index (κ2) is 16.0. The highest BCUT2D eigenvalue weighted by atomic mass is 16.7. The van der Waals surface area contributed by atoms with Crippen LogP contribution in [0.15, 0.2) is 36.4 Å². The van der Waals surface area contributed by atoms with Crippen molar-refractivity contribution in [3.63, 3.8) is 0 Å². The smallest absolute Gasteiger partial charge is 0.450 e. The minimum atomic E-state index is -1.41. The summed E-state index contributed by atoms with van der Waals surface area (Å²) < 4.78 is 4.52. The highest BCUT2D eigenvalue weighted by Gasteiger charge is 2.51. The number of anilines is 1. The fraction of sp³-hybridized carbons (Fsp3) is 0.483. The zero-order chi connectivity index (χ0) is 32.1. The van der Waals surface area contributed by atoms with Gasteiger partial charge in [0, 0.05) is 37.5 Å². The van der Waals surface area contributed by atoms with E-state index in [0.717, 1.165) is 4.90 Å². The summed E-state index contributed by atoms with van der Waals surface area (Å²) >= 11 is 0. The molecule has 1 fully saturated rings. The van der Waals surface area contributed by atoms with Crippen molar-refractivity contribution in [2.75, 3.05) is 25.0 Å². The number of rotatable bonds is 17. The number of unbranched alkanes of at least 4 members (excludes halogenated alkanes) is 2. The van der Waals surface area contributed by atoms with Crippen LogP contribution in [0.1, 0.15) is 56.9 Å². The van der Waals surface area contributed by atoms with Crippen LogP contribution in [0.2, 0.25) is 0 Å². The number of nitrogens with two attached hydrogens (primary N) is 1. The third kappa shape index (κ3) is 9.54. The number of nitrogens with zero attached hydrogens (tertiary/aromatic N) is 1. The van der Waals surface area contributed by atoms with Crippen LogP contribution >= 0.6 is 0 Å². The van der Waals surface area contributed by atoms with Crippen molar-refractivity contribution >= 4 is 47.4 Å². The first-order valence-corrected chi connectivity index (χ1v) is 14.4. The van der Waals surface area contributed by atoms with Gasteiger partial charge in [0.25, 0.3) is 11.8 Å². The molecule has 0 radical (unpaired) electrons. The lowest BCUT2D eigenvalue weighted by atomic mass is 9.67. The molecule has 2 aliphatic rings. The first-order chi connectivity index (χ1) is 21.0. The number of primary amides is 1. The maximum Gasteiger partial charge on any atom is 0.506 e. The fourth-order valence-corrected chi connectivity index (χ4v) is 4.82. The van der Waals surface area contributed by atoms with Crippen molar-refractivity contribution < 1.29 is 43.4 Å². The van der Waals surface area contributed by atoms with E-state index in [1.807, 2.05) is 0 Å². The number of ether oxygens (including phenoxy) is 1. The lowest BCUT2D eigenvalue weighted by molar-refractivity contribution is -0.151. The molecule has 7 N–H and O–H groups in total. The van der Waals surface area contributed by atoms with Crippen molar-refractivity contribution in [1.29, 1.82) is 0 Å². The van der Waals surface area contributed by atoms with Crippen molar-refractivity contribution in [3.05, 3.63) is 42.0 Å². The average molecular weight is 615 g/mol. The molecule has 7 amide bonds. The molecule has 1 saturated carbocycles. The number of hydrogen-bond acceptors (Lipinski definition) is 8. The lowest BCUT2D eigenvalue weighted by Gasteiger charge is -2.39. The topological polar surface area (TPSA) is 226 Å². The van der Waals surface area contributed by atoms with Crippen LogP contribution < -0.4 is 27.0 Å². The Kier molecular flexibility index (Phi) is 12.2. The Balaban J connectivity index is 1.53. The van der Waals surface area contributed by atoms with Gasteiger partial charge >= 0.3 is 12.2 Å². The average Bonchev–Trinajstić information content (AvgIpc) is 3.27. The van der Waals surface area contributed by atoms with E-state index in [9.17, 15) is 33.6 Å². The number of hydrogen-bond donors (Lipinski definition) is 6. The number of carbonyl (C=O) groups is 7. The van der Waals surface area contributed by atoms with Crippen molar-refractivity contribution in [2.45, 2.75) is 64.0 Å². The highest BCUT2D eigenvalue weighted by molar-refractivity contribution is 6.12. The number of imide groups is 1. The summed E-state index contributed by atoms with van der Waals surface area (Å²) in [6.45, 7) is 0.629. The van der Waals surface area contributed by atoms with E-state index in [1.165, 1.54) is 12.2 Å². The molecule has 1 heterocycles. The van der Waals surface area contributed by atoms with Gasteiger partial charge in [0.05, 0.1) is 0 Å². The summed E-state index contributed by atoms with van der Waals surface area (Å²) in [4.78, 5) is 85.8. The van der Waals surface area contributed by atoms with Crippen molar-refractivity contribution in [3.8, 4) is 0 Å². The first-order valence-electron chi connectivity index (χ1n) is 14.4. The molecule has 1 aliphatic carbocycles. The Hall–Kier alpha value is -4.95. The van der Waals surface area contributed by atoms with Gasteiger partial charge in [0.1, 0.15) is 18.1 Å². The fourth-order valence-electron chi connectivity index (χ4n) is 4.82. The van der Waals surface area contributed by atoms with Crippen LogP contribution in [-0.4, -0.2) is 77.4 Å². The van der Waals surface area contributed by atoms with Crippen LogP contribution in [0.3, 0.4) is 0 Å². The van der Waals surface area contributed by atoms with Crippen molar-refractivity contribution in [2.24, 2.45) is 11.1 Å². The molecule has 3 rings (SSSR count). The Morgan fingerprint density at radius 1 is 0.909 bits per heavy atom. The Morgan fingerprint density at radius 3 is 2.16 bits per heavy atom. The van der Waals surface area contributed by atoms with E-state index in [-0.39, 0.29) is 31.4 Å². The highest BCUT2D eigenvalue weighted by Crippen LogP contribution is 2.41. The molecule has 44 heavy (non-hydrogen) atoms. The van der Waals surface area contributed by atoms with Crippen LogP contribution in [0.25, 0.3) is 0 Å². The van der Waals surface area contributed by atoms with Gasteiger partial charge in [-0.3, -0.25) is 28.9 Å². The number of urea groups is 1. The molecular formula is C29H38N6O9. The molecule has 0 bridgehead atoms. The zero-order valence-electron chi connectivity index (χ0n) is 24.3. The summed E-state index contributed by atoms with van der Waals surface area (Å²) in [6.07, 6.45) is 4.68. The van der Waals surface area contributed by atoms with Gasteiger partial charge in [-0.25, -0.2) is 9.59 Å². The molecule has 238 valence electrons. The zero-order valence-corrected chi connectivity index (χ0v) is 24.3. The molecule has 0 saturated heterocycles. The summed E-state index contributed by atoms with van der Waals surface area (Å²) in [6, 6.07) is 4.54. The summed E-state index contributed by atoms with van der Waals surface area (Å²) in [5, 5.41) is 19.3. The second-order valence-electron chi connectivity index (χ2n) is 10.6. The molecule has 0 spiro atoms. The van der Waals surface area contributed by atoms with Crippen LogP contribution in [0.4, 0.5) is 15.3 Å². The number of nitrogens with one attached hydrogen (secondary N) is 4. The molecule has 1 aromatic carbocycles. The predicted molar refractivity (Wildman–Crippen MR) is 156 cm³/mol. The minimum absolute atomic E-state index is 0.150. The Morgan fingerprint density at radius 2 is 1.57 bits per heavy atom. The maximum absolute atomic E-state index is 13.4. The van der Waals surface area contributed by atoms with Gasteiger partial charge in [-0.1, -0.05) is 18.6 Å². The van der Waals surface area contributed by atoms with E-state index in [1.54, 1.807) is 24.3 Å². The summed E-state index contributed by atoms with van der Waals surface area (Å²) in [5.74, 6) is -2.20. The van der Waals surface area contributed by atoms with Crippen LogP contribution in [-0.2, 0) is 35.3 Å². The molecule has 1 aliphatic heterocycles. The standard InChI is InChI=1S/C29H38N6O9/c30-27(41)32-16-4-6-21(24(38)33-20-9-7-19(8-10-20)18-44-28(42)43)34-26(40)29(13-5-14-29)25(39)31-15-2-1-3-17-35-22(36)11-12-23(35)37/h7-12,21H,1-6,13-18H2,(H,31,39)(H,33,38)(H,34,40)(H,42,43)(H3,30,32,41)/t21-/m0/s1. The van der Waals surface area contributed by atoms with E-state index in [2.05, 4.69) is 26.0 Å². The third-order valence-corrected chi connectivity index (χ3v) is 7.50. The van der Waals surface area contributed by atoms with Crippen molar-refractivity contribution in [1.82, 2.24) is 20.9 Å². The van der Waals surface area contributed by atoms with Gasteiger partial charge in [-0.15, -0.1) is 0 Å². The Labute approximate surface area is 253 Å². The molecule has 15 nitrogen and oxygen atoms in total. The molecule has 1 atom stereocenters. The second-order valence-corrected chi connectivity index (χ2v) is 10.6. The third-order valence-electron chi connectivity index (χ3n) is 7.50. The van der Waals surface area contributed by atoms with Crippen LogP contribution in [0.5, 0.6) is 0 Å². The molecule has 0 unspecified atom stereocenters. The van der Waals surface area contributed by atoms with Gasteiger partial charge in [0.2, 0.25) is 17.7 Å². The predicted octanol–water partition coefficient (Wildman–Crippen LogP) is 1.13. The van der Waals surface area contributed by atoms with E-state index >= 15 is 0 Å². The summed E-state index contributed by atoms with van der Waals surface area (Å²) in [5.41, 5.74) is 4.77. The molecule has 0 aromatic heterocycles. The van der Waals surface area contributed by atoms with Gasteiger partial charge in [-0.05, 0) is 62.6 Å². The lowest BCUT2D eigenvalue weighted by Crippen LogP contribution is -2.58. The quantitative estimate of drug-likeness (QED) is 0.0639. The normalized spacial score (nSPS) is 15.6. The van der Waals surface area contributed by atoms with E-state index in [0.29, 0.717) is 69.3 Å². The van der Waals surface area contributed by atoms with Crippen LogP contribution in [0, 0.1) is 5.41 Å². The van der Waals surface area contributed by atoms with Gasteiger partial charge in [0.15, 0.2) is 0 Å². The van der Waals surface area contributed by atoms with Gasteiger partial charge in [-0.2, -0.15) is 0 Å². The molecular weight excluding hydrogens is 576 g/mol. The molecule has 15 heteroatoms. The first kappa shape index (κ1) is 33.6. The minimum Gasteiger partial charge on any atom is -0.450 e. The number of amides is 7. The Bertz CT molecular complexity index is 1260. The van der Waals surface area contributed by atoms with E-state index in [4.69, 9.17) is 10.8 Å². The SMILES string of the molecule is NC(=O)NCCC[C@H](NC(=O)C1(C(=O)NCCCCCN2C(=O)C=CC2=O)CCC1)C(=O)Nc1ccc(COC(=O)O)cc1. The molecule has 1 aromatic rings. The summed E-state index contributed by atoms with van der Waals surface area (Å²) in [7, 11) is 0. The number of benzene rings is 1. The largest absolute Gasteiger partial charge is 0.506 e. The number of carboxylic acid groups (broad SMARTS) is 1.